The van der Waals surface area contributed by atoms with Crippen molar-refractivity contribution in [3.05, 3.63) is 33.0 Å². The van der Waals surface area contributed by atoms with Gasteiger partial charge in [0.25, 0.3) is 0 Å². The highest BCUT2D eigenvalue weighted by Gasteiger charge is 2.18. The van der Waals surface area contributed by atoms with E-state index in [1.165, 1.54) is 16.2 Å². The van der Waals surface area contributed by atoms with E-state index < -0.39 is 0 Å². The van der Waals surface area contributed by atoms with Crippen LogP contribution in [0.2, 0.25) is 0 Å². The minimum Gasteiger partial charge on any atom is -0.461 e. The van der Waals surface area contributed by atoms with Gasteiger partial charge in [0.1, 0.15) is 0 Å². The number of ether oxygens (including phenoxy) is 1. The van der Waals surface area contributed by atoms with Crippen molar-refractivity contribution in [3.63, 3.8) is 0 Å². The van der Waals surface area contributed by atoms with Gasteiger partial charge < -0.3 is 9.64 Å². The third-order valence-electron chi connectivity index (χ3n) is 2.55. The van der Waals surface area contributed by atoms with Crippen LogP contribution in [0, 0.1) is 6.92 Å². The molecule has 0 saturated carbocycles. The van der Waals surface area contributed by atoms with Gasteiger partial charge in [-0.15, -0.1) is 22.7 Å². The maximum absolute atomic E-state index is 11.7. The van der Waals surface area contributed by atoms with E-state index in [4.69, 9.17) is 4.74 Å². The predicted molar refractivity (Wildman–Crippen MR) is 79.2 cm³/mol. The first kappa shape index (κ1) is 14.0. The van der Waals surface area contributed by atoms with Crippen LogP contribution in [-0.2, 0) is 11.3 Å². The molecule has 0 saturated heterocycles. The molecule has 2 aromatic heterocycles. The monoisotopic (exact) mass is 296 g/mol. The number of carbonyl (C=O) groups is 1. The van der Waals surface area contributed by atoms with E-state index in [1.54, 1.807) is 18.3 Å². The molecule has 19 heavy (non-hydrogen) atoms. The number of anilines is 1. The van der Waals surface area contributed by atoms with Gasteiger partial charge in [-0.2, -0.15) is 0 Å². The van der Waals surface area contributed by atoms with Crippen molar-refractivity contribution in [1.82, 2.24) is 4.98 Å². The van der Waals surface area contributed by atoms with Gasteiger partial charge in [-0.05, 0) is 25.3 Å². The molecule has 0 bridgehead atoms. The number of carbonyl (C=O) groups excluding carboxylic acids is 1. The Hall–Kier alpha value is -1.40. The number of thiophene rings is 1. The first-order chi connectivity index (χ1) is 9.11. The highest BCUT2D eigenvalue weighted by Crippen LogP contribution is 2.27. The maximum atomic E-state index is 11.7. The number of hydrogen-bond donors (Lipinski definition) is 0. The quantitative estimate of drug-likeness (QED) is 0.794. The first-order valence-corrected chi connectivity index (χ1v) is 7.69. The van der Waals surface area contributed by atoms with Crippen LogP contribution >= 0.6 is 22.7 Å². The van der Waals surface area contributed by atoms with Crippen LogP contribution < -0.4 is 4.90 Å². The molecule has 0 aliphatic carbocycles. The Balaban J connectivity index is 2.12. The fourth-order valence-electron chi connectivity index (χ4n) is 1.64. The molecule has 6 heteroatoms. The second-order valence-electron chi connectivity index (χ2n) is 4.06. The molecule has 2 aromatic rings. The smallest absolute Gasteiger partial charge is 0.358 e. The van der Waals surface area contributed by atoms with Crippen molar-refractivity contribution in [2.45, 2.75) is 20.4 Å². The number of thiazole rings is 1. The van der Waals surface area contributed by atoms with E-state index in [9.17, 15) is 4.79 Å². The SMILES string of the molecule is CCOC(=O)c1nc(N(C)Cc2cccs2)sc1C. The van der Waals surface area contributed by atoms with Crippen LogP contribution in [-0.4, -0.2) is 24.6 Å². The summed E-state index contributed by atoms with van der Waals surface area (Å²) in [5.41, 5.74) is 0.430. The number of nitrogens with zero attached hydrogens (tertiary/aromatic N) is 2. The Labute approximate surface area is 120 Å². The zero-order valence-electron chi connectivity index (χ0n) is 11.2. The lowest BCUT2D eigenvalue weighted by Crippen LogP contribution is -2.15. The van der Waals surface area contributed by atoms with Crippen molar-refractivity contribution in [2.24, 2.45) is 0 Å². The molecule has 0 aliphatic heterocycles. The van der Waals surface area contributed by atoms with Crippen molar-refractivity contribution < 1.29 is 9.53 Å². The summed E-state index contributed by atoms with van der Waals surface area (Å²) < 4.78 is 5.00. The number of aromatic nitrogens is 1. The molecule has 0 N–H and O–H groups in total. The molecule has 0 aliphatic rings. The molecule has 2 rings (SSSR count). The Morgan fingerprint density at radius 3 is 2.95 bits per heavy atom. The van der Waals surface area contributed by atoms with Gasteiger partial charge in [0, 0.05) is 16.8 Å². The lowest BCUT2D eigenvalue weighted by Gasteiger charge is -2.13. The van der Waals surface area contributed by atoms with Crippen molar-refractivity contribution >= 4 is 33.8 Å². The Morgan fingerprint density at radius 2 is 2.32 bits per heavy atom. The van der Waals surface area contributed by atoms with Crippen LogP contribution in [0.1, 0.15) is 27.2 Å². The Morgan fingerprint density at radius 1 is 1.53 bits per heavy atom. The number of rotatable bonds is 5. The van der Waals surface area contributed by atoms with Crippen LogP contribution in [0.3, 0.4) is 0 Å². The van der Waals surface area contributed by atoms with Crippen LogP contribution in [0.15, 0.2) is 17.5 Å². The van der Waals surface area contributed by atoms with Gasteiger partial charge in [0.2, 0.25) is 0 Å². The van der Waals surface area contributed by atoms with Crippen LogP contribution in [0.25, 0.3) is 0 Å². The third kappa shape index (κ3) is 3.33. The molecule has 0 aromatic carbocycles. The number of aryl methyl sites for hydroxylation is 1. The minimum atomic E-state index is -0.341. The Kier molecular flexibility index (Phi) is 4.55. The summed E-state index contributed by atoms with van der Waals surface area (Å²) in [6.07, 6.45) is 0. The fourth-order valence-corrected chi connectivity index (χ4v) is 3.25. The average Bonchev–Trinajstić information content (AvgIpc) is 2.98. The molecular weight excluding hydrogens is 280 g/mol. The third-order valence-corrected chi connectivity index (χ3v) is 4.50. The summed E-state index contributed by atoms with van der Waals surface area (Å²) in [7, 11) is 1.98. The summed E-state index contributed by atoms with van der Waals surface area (Å²) in [6, 6.07) is 4.12. The fraction of sp³-hybridized carbons (Fsp3) is 0.385. The van der Waals surface area contributed by atoms with Crippen molar-refractivity contribution in [1.29, 1.82) is 0 Å². The van der Waals surface area contributed by atoms with Gasteiger partial charge in [-0.25, -0.2) is 9.78 Å². The molecule has 0 unspecified atom stereocenters. The standard InChI is InChI=1S/C13H16N2O2S2/c1-4-17-12(16)11-9(2)19-13(14-11)15(3)8-10-6-5-7-18-10/h5-7H,4,8H2,1-3H3. The summed E-state index contributed by atoms with van der Waals surface area (Å²) >= 11 is 3.23. The number of esters is 1. The zero-order valence-corrected chi connectivity index (χ0v) is 12.8. The summed E-state index contributed by atoms with van der Waals surface area (Å²) in [6.45, 7) is 4.86. The molecule has 0 atom stereocenters. The summed E-state index contributed by atoms with van der Waals surface area (Å²) in [4.78, 5) is 20.3. The van der Waals surface area contributed by atoms with Crippen molar-refractivity contribution in [3.8, 4) is 0 Å². The topological polar surface area (TPSA) is 42.4 Å². The summed E-state index contributed by atoms with van der Waals surface area (Å²) in [5, 5.41) is 2.90. The zero-order chi connectivity index (χ0) is 13.8. The molecular formula is C13H16N2O2S2. The lowest BCUT2D eigenvalue weighted by atomic mass is 10.4. The molecule has 102 valence electrons. The van der Waals surface area contributed by atoms with E-state index in [2.05, 4.69) is 16.4 Å². The summed E-state index contributed by atoms with van der Waals surface area (Å²) in [5.74, 6) is -0.341. The molecule has 0 spiro atoms. The molecule has 2 heterocycles. The Bertz CT molecular complexity index is 549. The van der Waals surface area contributed by atoms with Gasteiger partial charge in [0.15, 0.2) is 10.8 Å². The van der Waals surface area contributed by atoms with E-state index >= 15 is 0 Å². The largest absolute Gasteiger partial charge is 0.461 e. The minimum absolute atomic E-state index is 0.341. The second-order valence-corrected chi connectivity index (χ2v) is 6.27. The van der Waals surface area contributed by atoms with E-state index in [-0.39, 0.29) is 5.97 Å². The number of hydrogen-bond acceptors (Lipinski definition) is 6. The highest BCUT2D eigenvalue weighted by molar-refractivity contribution is 7.15. The van der Waals surface area contributed by atoms with Gasteiger partial charge in [-0.1, -0.05) is 6.07 Å². The van der Waals surface area contributed by atoms with Crippen LogP contribution in [0.4, 0.5) is 5.13 Å². The van der Waals surface area contributed by atoms with E-state index in [0.717, 1.165) is 16.6 Å². The maximum Gasteiger partial charge on any atom is 0.358 e. The first-order valence-electron chi connectivity index (χ1n) is 6.00. The molecule has 0 radical (unpaired) electrons. The van der Waals surface area contributed by atoms with Gasteiger partial charge >= 0.3 is 5.97 Å². The normalized spacial score (nSPS) is 10.5. The van der Waals surface area contributed by atoms with Gasteiger partial charge in [0.05, 0.1) is 13.2 Å². The molecule has 0 fully saturated rings. The highest BCUT2D eigenvalue weighted by atomic mass is 32.1. The van der Waals surface area contributed by atoms with E-state index in [0.29, 0.717) is 12.3 Å². The van der Waals surface area contributed by atoms with Gasteiger partial charge in [-0.3, -0.25) is 0 Å². The molecule has 0 amide bonds. The average molecular weight is 296 g/mol. The van der Waals surface area contributed by atoms with Crippen molar-refractivity contribution in [2.75, 3.05) is 18.6 Å². The van der Waals surface area contributed by atoms with Crippen LogP contribution in [0.5, 0.6) is 0 Å². The lowest BCUT2D eigenvalue weighted by molar-refractivity contribution is 0.0519. The van der Waals surface area contributed by atoms with E-state index in [1.807, 2.05) is 24.9 Å². The second kappa shape index (κ2) is 6.16. The molecule has 4 nitrogen and oxygen atoms in total. The predicted octanol–water partition coefficient (Wildman–Crippen LogP) is 3.33.